The molecule has 0 aliphatic carbocycles. The topological polar surface area (TPSA) is 15.3 Å². The minimum Gasteiger partial charge on any atom is -0.313 e. The van der Waals surface area contributed by atoms with Gasteiger partial charge in [-0.1, -0.05) is 20.8 Å². The van der Waals surface area contributed by atoms with E-state index in [0.29, 0.717) is 12.1 Å². The van der Waals surface area contributed by atoms with Crippen molar-refractivity contribution in [3.05, 3.63) is 21.9 Å². The molecule has 20 heavy (non-hydrogen) atoms. The molecule has 1 aromatic heterocycles. The summed E-state index contributed by atoms with van der Waals surface area (Å²) in [4.78, 5) is 5.61. The van der Waals surface area contributed by atoms with Crippen LogP contribution in [0, 0.1) is 0 Å². The molecule has 114 valence electrons. The van der Waals surface area contributed by atoms with E-state index in [1.807, 2.05) is 11.3 Å². The van der Waals surface area contributed by atoms with Gasteiger partial charge in [0.05, 0.1) is 0 Å². The molecule has 3 heteroatoms. The molecule has 0 amide bonds. The van der Waals surface area contributed by atoms with Crippen LogP contribution in [0.5, 0.6) is 0 Å². The van der Waals surface area contributed by atoms with E-state index in [4.69, 9.17) is 0 Å². The predicted octanol–water partition coefficient (Wildman–Crippen LogP) is 4.01. The quantitative estimate of drug-likeness (QED) is 0.883. The molecule has 1 fully saturated rings. The van der Waals surface area contributed by atoms with Gasteiger partial charge in [0, 0.05) is 34.9 Å². The Morgan fingerprint density at radius 2 is 2.10 bits per heavy atom. The third kappa shape index (κ3) is 4.31. The summed E-state index contributed by atoms with van der Waals surface area (Å²) in [5.74, 6) is 0. The second-order valence-corrected chi connectivity index (χ2v) is 8.50. The molecule has 2 rings (SSSR count). The standard InChI is InChI=1S/C17H30N2S/c1-13(2)19(11-14-7-6-10-18-14)12-15-8-9-16(20-15)17(3,4)5/h8-9,13-14,18H,6-7,10-12H2,1-5H3. The number of thiophene rings is 1. The van der Waals surface area contributed by atoms with E-state index >= 15 is 0 Å². The van der Waals surface area contributed by atoms with Crippen LogP contribution >= 0.6 is 11.3 Å². The molecule has 0 saturated carbocycles. The average Bonchev–Trinajstić information content (AvgIpc) is 2.97. The lowest BCUT2D eigenvalue weighted by molar-refractivity contribution is 0.196. The Morgan fingerprint density at radius 3 is 2.60 bits per heavy atom. The van der Waals surface area contributed by atoms with E-state index in [1.165, 1.54) is 35.7 Å². The highest BCUT2D eigenvalue weighted by Crippen LogP contribution is 2.30. The van der Waals surface area contributed by atoms with Gasteiger partial charge in [0.25, 0.3) is 0 Å². The van der Waals surface area contributed by atoms with Crippen molar-refractivity contribution in [3.8, 4) is 0 Å². The van der Waals surface area contributed by atoms with E-state index in [2.05, 4.69) is 57.0 Å². The Hall–Kier alpha value is -0.380. The van der Waals surface area contributed by atoms with Crippen molar-refractivity contribution in [2.45, 2.75) is 71.5 Å². The van der Waals surface area contributed by atoms with E-state index in [9.17, 15) is 0 Å². The van der Waals surface area contributed by atoms with E-state index < -0.39 is 0 Å². The summed E-state index contributed by atoms with van der Waals surface area (Å²) in [6.07, 6.45) is 2.67. The highest BCUT2D eigenvalue weighted by atomic mass is 32.1. The summed E-state index contributed by atoms with van der Waals surface area (Å²) in [6.45, 7) is 15.0. The maximum atomic E-state index is 3.62. The van der Waals surface area contributed by atoms with Crippen LogP contribution in [0.3, 0.4) is 0 Å². The van der Waals surface area contributed by atoms with Crippen LogP contribution in [0.4, 0.5) is 0 Å². The lowest BCUT2D eigenvalue weighted by Crippen LogP contribution is -2.40. The van der Waals surface area contributed by atoms with E-state index in [-0.39, 0.29) is 5.41 Å². The first-order chi connectivity index (χ1) is 9.36. The van der Waals surface area contributed by atoms with Crippen LogP contribution < -0.4 is 5.32 Å². The van der Waals surface area contributed by atoms with E-state index in [0.717, 1.165) is 6.54 Å². The Balaban J connectivity index is 1.98. The second kappa shape index (κ2) is 6.59. The van der Waals surface area contributed by atoms with Gasteiger partial charge in [0.1, 0.15) is 0 Å². The van der Waals surface area contributed by atoms with Crippen LogP contribution in [0.2, 0.25) is 0 Å². The van der Waals surface area contributed by atoms with Crippen molar-refractivity contribution >= 4 is 11.3 Å². The molecule has 0 aromatic carbocycles. The first kappa shape index (κ1) is 16.0. The molecule has 1 aliphatic rings. The molecular formula is C17H30N2S. The smallest absolute Gasteiger partial charge is 0.0331 e. The third-order valence-corrected chi connectivity index (χ3v) is 5.60. The van der Waals surface area contributed by atoms with Gasteiger partial charge < -0.3 is 5.32 Å². The lowest BCUT2D eigenvalue weighted by atomic mass is 9.95. The Labute approximate surface area is 128 Å². The van der Waals surface area contributed by atoms with Crippen LogP contribution in [0.25, 0.3) is 0 Å². The molecule has 1 atom stereocenters. The fourth-order valence-electron chi connectivity index (χ4n) is 2.72. The summed E-state index contributed by atoms with van der Waals surface area (Å²) in [7, 11) is 0. The highest BCUT2D eigenvalue weighted by molar-refractivity contribution is 7.12. The van der Waals surface area contributed by atoms with Gasteiger partial charge in [0.15, 0.2) is 0 Å². The zero-order chi connectivity index (χ0) is 14.8. The maximum Gasteiger partial charge on any atom is 0.0331 e. The molecule has 1 N–H and O–H groups in total. The van der Waals surface area contributed by atoms with Gasteiger partial charge in [-0.25, -0.2) is 0 Å². The van der Waals surface area contributed by atoms with Gasteiger partial charge in [0.2, 0.25) is 0 Å². The predicted molar refractivity (Wildman–Crippen MR) is 89.6 cm³/mol. The number of hydrogen-bond donors (Lipinski definition) is 1. The van der Waals surface area contributed by atoms with Crippen molar-refractivity contribution in [1.29, 1.82) is 0 Å². The molecule has 1 aliphatic heterocycles. The number of rotatable bonds is 5. The monoisotopic (exact) mass is 294 g/mol. The van der Waals surface area contributed by atoms with E-state index in [1.54, 1.807) is 0 Å². The molecule has 1 unspecified atom stereocenters. The van der Waals surface area contributed by atoms with Crippen LogP contribution in [0.15, 0.2) is 12.1 Å². The summed E-state index contributed by atoms with van der Waals surface area (Å²) >= 11 is 1.98. The summed E-state index contributed by atoms with van der Waals surface area (Å²) in [6, 6.07) is 5.94. The zero-order valence-corrected chi connectivity index (χ0v) is 14.5. The van der Waals surface area contributed by atoms with Gasteiger partial charge in [-0.15, -0.1) is 11.3 Å². The molecule has 0 radical (unpaired) electrons. The Morgan fingerprint density at radius 1 is 1.35 bits per heavy atom. The third-order valence-electron chi connectivity index (χ3n) is 4.11. The summed E-state index contributed by atoms with van der Waals surface area (Å²) < 4.78 is 0. The molecule has 1 aromatic rings. The minimum absolute atomic E-state index is 0.276. The average molecular weight is 295 g/mol. The van der Waals surface area contributed by atoms with Gasteiger partial charge in [-0.3, -0.25) is 4.90 Å². The zero-order valence-electron chi connectivity index (χ0n) is 13.7. The Kier molecular flexibility index (Phi) is 5.27. The van der Waals surface area contributed by atoms with Crippen molar-refractivity contribution in [3.63, 3.8) is 0 Å². The molecule has 1 saturated heterocycles. The number of nitrogens with zero attached hydrogens (tertiary/aromatic N) is 1. The maximum absolute atomic E-state index is 3.62. The van der Waals surface area contributed by atoms with Crippen LogP contribution in [-0.2, 0) is 12.0 Å². The van der Waals surface area contributed by atoms with Crippen molar-refractivity contribution in [1.82, 2.24) is 10.2 Å². The van der Waals surface area contributed by atoms with Crippen molar-refractivity contribution in [2.24, 2.45) is 0 Å². The fourth-order valence-corrected chi connectivity index (χ4v) is 3.81. The second-order valence-electron chi connectivity index (χ2n) is 7.33. The van der Waals surface area contributed by atoms with Gasteiger partial charge in [-0.05, 0) is 50.8 Å². The molecule has 2 nitrogen and oxygen atoms in total. The van der Waals surface area contributed by atoms with Gasteiger partial charge in [-0.2, -0.15) is 0 Å². The van der Waals surface area contributed by atoms with Crippen molar-refractivity contribution in [2.75, 3.05) is 13.1 Å². The minimum atomic E-state index is 0.276. The molecular weight excluding hydrogens is 264 g/mol. The molecule has 0 bridgehead atoms. The number of hydrogen-bond acceptors (Lipinski definition) is 3. The Bertz CT molecular complexity index is 411. The largest absolute Gasteiger partial charge is 0.313 e. The van der Waals surface area contributed by atoms with Crippen molar-refractivity contribution < 1.29 is 0 Å². The van der Waals surface area contributed by atoms with Gasteiger partial charge >= 0.3 is 0 Å². The fraction of sp³-hybridized carbons (Fsp3) is 0.765. The normalized spacial score (nSPS) is 20.2. The first-order valence-electron chi connectivity index (χ1n) is 7.93. The molecule has 0 spiro atoms. The van der Waals surface area contributed by atoms with Crippen LogP contribution in [-0.4, -0.2) is 30.1 Å². The first-order valence-corrected chi connectivity index (χ1v) is 8.74. The SMILES string of the molecule is CC(C)N(Cc1ccc(C(C)(C)C)s1)CC1CCCN1. The summed E-state index contributed by atoms with van der Waals surface area (Å²) in [5, 5.41) is 3.62. The summed E-state index contributed by atoms with van der Waals surface area (Å²) in [5.41, 5.74) is 0.276. The highest BCUT2D eigenvalue weighted by Gasteiger charge is 2.21. The number of nitrogens with one attached hydrogen (secondary N) is 1. The van der Waals surface area contributed by atoms with Crippen LogP contribution in [0.1, 0.15) is 57.2 Å². The molecule has 2 heterocycles. The lowest BCUT2D eigenvalue weighted by Gasteiger charge is -2.29.